The zero-order chi connectivity index (χ0) is 16.8. The third-order valence-electron chi connectivity index (χ3n) is 5.83. The molecule has 4 nitrogen and oxygen atoms in total. The van der Waals surface area contributed by atoms with Gasteiger partial charge in [0.1, 0.15) is 0 Å². The third-order valence-corrected chi connectivity index (χ3v) is 5.83. The average Bonchev–Trinajstić information content (AvgIpc) is 2.64. The van der Waals surface area contributed by atoms with Crippen molar-refractivity contribution in [3.8, 4) is 0 Å². The molecule has 3 rings (SSSR count). The molecule has 1 aromatic rings. The first-order valence-corrected chi connectivity index (χ1v) is 9.47. The molecule has 1 aromatic carbocycles. The normalized spacial score (nSPS) is 19.3. The predicted molar refractivity (Wildman–Crippen MR) is 97.2 cm³/mol. The van der Waals surface area contributed by atoms with Crippen molar-refractivity contribution in [3.63, 3.8) is 0 Å². The number of esters is 1. The Balaban J connectivity index is 0.00000225. The maximum atomic E-state index is 11.2. The van der Waals surface area contributed by atoms with Crippen LogP contribution in [0, 0.1) is 0 Å². The Labute approximate surface area is 158 Å². The highest BCUT2D eigenvalue weighted by Gasteiger charge is 2.34. The monoisotopic (exact) mass is 366 g/mol. The minimum Gasteiger partial charge on any atom is -1.00 e. The second-order valence-corrected chi connectivity index (χ2v) is 7.38. The van der Waals surface area contributed by atoms with Gasteiger partial charge in [-0.3, -0.25) is 4.79 Å². The molecule has 5 heteroatoms. The Kier molecular flexibility index (Phi) is 7.57. The average molecular weight is 367 g/mol. The highest BCUT2D eigenvalue weighted by Crippen LogP contribution is 2.25. The van der Waals surface area contributed by atoms with E-state index in [2.05, 4.69) is 33.9 Å². The highest BCUT2D eigenvalue weighted by molar-refractivity contribution is 5.69. The van der Waals surface area contributed by atoms with Gasteiger partial charge in [-0.2, -0.15) is 0 Å². The number of hydrogen-bond acceptors (Lipinski definition) is 3. The van der Waals surface area contributed by atoms with Gasteiger partial charge in [0.15, 0.2) is 0 Å². The molecule has 0 atom stereocenters. The molecule has 0 aromatic heterocycles. The fraction of sp³-hybridized carbons (Fsp3) is 0.650. The maximum Gasteiger partial charge on any atom is 0.305 e. The number of ether oxygens (including phenoxy) is 1. The number of methoxy groups -OCH3 is 1. The number of quaternary nitrogens is 1. The number of piperidine rings is 1. The summed E-state index contributed by atoms with van der Waals surface area (Å²) in [5, 5.41) is 0. The number of aryl methyl sites for hydroxylation is 1. The van der Waals surface area contributed by atoms with Crippen LogP contribution in [0.3, 0.4) is 0 Å². The molecule has 2 saturated heterocycles. The van der Waals surface area contributed by atoms with Crippen LogP contribution in [0.15, 0.2) is 24.3 Å². The number of nitrogens with zero attached hydrogens (tertiary/aromatic N) is 2. The zero-order valence-electron chi connectivity index (χ0n) is 15.4. The van der Waals surface area contributed by atoms with Crippen molar-refractivity contribution in [2.75, 3.05) is 51.3 Å². The molecular weight excluding hydrogens is 336 g/mol. The summed E-state index contributed by atoms with van der Waals surface area (Å²) in [4.78, 5) is 13.7. The fourth-order valence-corrected chi connectivity index (χ4v) is 4.19. The minimum atomic E-state index is -0.116. The van der Waals surface area contributed by atoms with E-state index >= 15 is 0 Å². The number of hydrogen-bond donors (Lipinski definition) is 0. The molecule has 1 spiro atoms. The molecule has 0 aliphatic carbocycles. The molecule has 0 radical (unpaired) electrons. The maximum absolute atomic E-state index is 11.2. The number of piperazine rings is 1. The van der Waals surface area contributed by atoms with E-state index in [0.29, 0.717) is 6.42 Å². The van der Waals surface area contributed by atoms with Gasteiger partial charge in [-0.25, -0.2) is 0 Å². The first-order valence-electron chi connectivity index (χ1n) is 9.47. The lowest BCUT2D eigenvalue weighted by Crippen LogP contribution is -3.00. The van der Waals surface area contributed by atoms with Gasteiger partial charge < -0.3 is 26.5 Å². The minimum absolute atomic E-state index is 0. The van der Waals surface area contributed by atoms with Gasteiger partial charge in [-0.1, -0.05) is 12.1 Å². The van der Waals surface area contributed by atoms with Crippen LogP contribution in [0.5, 0.6) is 0 Å². The second-order valence-electron chi connectivity index (χ2n) is 7.38. The van der Waals surface area contributed by atoms with Gasteiger partial charge in [0, 0.05) is 12.1 Å². The van der Waals surface area contributed by atoms with Gasteiger partial charge in [0.2, 0.25) is 0 Å². The van der Waals surface area contributed by atoms with E-state index in [1.54, 1.807) is 0 Å². The SMILES string of the molecule is COC(=O)CCCc1ccc(N2CC[N+]3(CCCCC3)CC2)cc1.[Cl-]. The van der Waals surface area contributed by atoms with Crippen LogP contribution in [0.25, 0.3) is 0 Å². The quantitative estimate of drug-likeness (QED) is 0.543. The summed E-state index contributed by atoms with van der Waals surface area (Å²) in [5.41, 5.74) is 2.65. The largest absolute Gasteiger partial charge is 1.00 e. The van der Waals surface area contributed by atoms with Crippen molar-refractivity contribution in [3.05, 3.63) is 29.8 Å². The molecule has 0 amide bonds. The molecule has 2 aliphatic rings. The number of carbonyl (C=O) groups is 1. The molecule has 140 valence electrons. The molecule has 0 N–H and O–H groups in total. The summed E-state index contributed by atoms with van der Waals surface area (Å²) in [7, 11) is 1.45. The number of carbonyl (C=O) groups excluding carboxylic acids is 1. The van der Waals surface area contributed by atoms with Crippen LogP contribution in [-0.4, -0.2) is 56.8 Å². The van der Waals surface area contributed by atoms with E-state index < -0.39 is 0 Å². The van der Waals surface area contributed by atoms with Crippen molar-refractivity contribution in [2.45, 2.75) is 38.5 Å². The van der Waals surface area contributed by atoms with Crippen LogP contribution in [0.2, 0.25) is 0 Å². The molecule has 2 heterocycles. The van der Waals surface area contributed by atoms with Gasteiger partial charge >= 0.3 is 5.97 Å². The van der Waals surface area contributed by atoms with Crippen LogP contribution in [-0.2, 0) is 16.0 Å². The number of anilines is 1. The number of rotatable bonds is 5. The number of benzene rings is 1. The molecule has 25 heavy (non-hydrogen) atoms. The van der Waals surface area contributed by atoms with E-state index in [-0.39, 0.29) is 18.4 Å². The zero-order valence-corrected chi connectivity index (χ0v) is 16.1. The standard InChI is InChI=1S/C20H31N2O2.ClH/c1-24-20(23)7-5-6-18-8-10-19(11-9-18)21-12-16-22(17-13-21)14-3-2-4-15-22;/h8-11H,2-7,12-17H2,1H3;1H/q+1;/p-1. The molecule has 0 saturated carbocycles. The van der Waals surface area contributed by atoms with E-state index in [4.69, 9.17) is 0 Å². The van der Waals surface area contributed by atoms with Crippen molar-refractivity contribution in [2.24, 2.45) is 0 Å². The highest BCUT2D eigenvalue weighted by atomic mass is 35.5. The predicted octanol–water partition coefficient (Wildman–Crippen LogP) is 0.00700. The lowest BCUT2D eigenvalue weighted by atomic mass is 10.0. The summed E-state index contributed by atoms with van der Waals surface area (Å²) in [6.07, 6.45) is 6.57. The Morgan fingerprint density at radius 2 is 1.68 bits per heavy atom. The first kappa shape index (κ1) is 20.1. The van der Waals surface area contributed by atoms with Crippen LogP contribution in [0.4, 0.5) is 5.69 Å². The van der Waals surface area contributed by atoms with Crippen molar-refractivity contribution >= 4 is 11.7 Å². The van der Waals surface area contributed by atoms with E-state index in [1.165, 1.54) is 81.4 Å². The second kappa shape index (κ2) is 9.44. The third kappa shape index (κ3) is 5.35. The van der Waals surface area contributed by atoms with Crippen molar-refractivity contribution in [1.29, 1.82) is 0 Å². The lowest BCUT2D eigenvalue weighted by Gasteiger charge is -2.47. The van der Waals surface area contributed by atoms with E-state index in [0.717, 1.165) is 12.8 Å². The van der Waals surface area contributed by atoms with Gasteiger partial charge in [-0.15, -0.1) is 0 Å². The number of halogens is 1. The molecule has 2 aliphatic heterocycles. The van der Waals surface area contributed by atoms with Gasteiger partial charge in [0.05, 0.1) is 46.4 Å². The summed E-state index contributed by atoms with van der Waals surface area (Å²) < 4.78 is 6.05. The Bertz CT molecular complexity index is 531. The Hall–Kier alpha value is -1.26. The van der Waals surface area contributed by atoms with E-state index in [9.17, 15) is 4.79 Å². The molecule has 0 bridgehead atoms. The Morgan fingerprint density at radius 1 is 1.04 bits per heavy atom. The van der Waals surface area contributed by atoms with Crippen LogP contribution in [0.1, 0.15) is 37.7 Å². The van der Waals surface area contributed by atoms with Gasteiger partial charge in [0.25, 0.3) is 0 Å². The fourth-order valence-electron chi connectivity index (χ4n) is 4.19. The Morgan fingerprint density at radius 3 is 2.28 bits per heavy atom. The van der Waals surface area contributed by atoms with E-state index in [1.807, 2.05) is 0 Å². The summed E-state index contributed by atoms with van der Waals surface area (Å²) in [6, 6.07) is 8.93. The van der Waals surface area contributed by atoms with Crippen LogP contribution >= 0.6 is 0 Å². The smallest absolute Gasteiger partial charge is 0.305 e. The topological polar surface area (TPSA) is 29.5 Å². The van der Waals surface area contributed by atoms with Crippen LogP contribution < -0.4 is 17.3 Å². The first-order chi connectivity index (χ1) is 11.7. The van der Waals surface area contributed by atoms with Crippen molar-refractivity contribution in [1.82, 2.24) is 0 Å². The van der Waals surface area contributed by atoms with Gasteiger partial charge in [-0.05, 0) is 49.8 Å². The molecule has 0 unspecified atom stereocenters. The lowest BCUT2D eigenvalue weighted by molar-refractivity contribution is -0.932. The summed E-state index contributed by atoms with van der Waals surface area (Å²) in [6.45, 7) is 7.77. The molecule has 2 fully saturated rings. The summed E-state index contributed by atoms with van der Waals surface area (Å²) in [5.74, 6) is -0.116. The summed E-state index contributed by atoms with van der Waals surface area (Å²) >= 11 is 0. The van der Waals surface area contributed by atoms with Crippen molar-refractivity contribution < 1.29 is 26.4 Å². The molecular formula is C20H31ClN2O2.